The fourth-order valence-corrected chi connectivity index (χ4v) is 14.1. The summed E-state index contributed by atoms with van der Waals surface area (Å²) in [4.78, 5) is 39.8. The largest absolute Gasteiger partial charge is 0.507 e. The first-order valence-electron chi connectivity index (χ1n) is 21.3. The van der Waals surface area contributed by atoms with E-state index in [0.717, 1.165) is 44.1 Å². The van der Waals surface area contributed by atoms with Gasteiger partial charge in [-0.3, -0.25) is 9.59 Å². The molecule has 8 heteroatoms. The highest BCUT2D eigenvalue weighted by atomic mass is 16.5. The molecule has 10 atom stereocenters. The number of hydrogen-bond acceptors (Lipinski definition) is 6. The van der Waals surface area contributed by atoms with Gasteiger partial charge in [-0.05, 0) is 164 Å². The molecule has 2 aromatic rings. The maximum Gasteiger partial charge on any atom is 0.341 e. The fraction of sp³-hybridized carbons (Fsp3) is 0.646. The predicted molar refractivity (Wildman–Crippen MR) is 219 cm³/mol. The van der Waals surface area contributed by atoms with Crippen LogP contribution in [-0.4, -0.2) is 47.8 Å². The van der Waals surface area contributed by atoms with Crippen LogP contribution >= 0.6 is 0 Å². The number of esters is 1. The van der Waals surface area contributed by atoms with Crippen molar-refractivity contribution in [3.8, 4) is 5.75 Å². The molecule has 0 aliphatic heterocycles. The lowest BCUT2D eigenvalue weighted by Crippen LogP contribution is -2.67. The second kappa shape index (κ2) is 14.6. The van der Waals surface area contributed by atoms with Crippen molar-refractivity contribution in [2.45, 2.75) is 125 Å². The first-order valence-corrected chi connectivity index (χ1v) is 21.3. The number of carbonyl (C=O) groups excluding carboxylic acids is 3. The average molecular weight is 767 g/mol. The van der Waals surface area contributed by atoms with Gasteiger partial charge in [0.1, 0.15) is 11.3 Å². The monoisotopic (exact) mass is 766 g/mol. The number of aliphatic hydroxyl groups excluding tert-OH is 1. The predicted octanol–water partition coefficient (Wildman–Crippen LogP) is 8.79. The zero-order valence-corrected chi connectivity index (χ0v) is 34.9. The standard InChI is InChI=1S/C48H66N2O6/c1-29(2)33-16-22-48(24-23-46(6)35(40(33)48)13-15-38-45(5)20-18-39(52)44(3,4)37(45)17-21-47(38,46)7)43(55)49-25-19-30-10-9-11-32(26-30)41(53)50-28-31-12-14-36(51)34(27-31)42(54)56-8/h9-12,14,26-27,33,35,37-40,51-52H,1,13,15-25,28H2,2-8H3,(H,49,55)(H,50,53)/t33-,35?,37?,38?,39-,40?,45-,46+,47+,48-/m0/s1. The highest BCUT2D eigenvalue weighted by molar-refractivity contribution is 5.94. The van der Waals surface area contributed by atoms with Gasteiger partial charge in [0.05, 0.1) is 18.6 Å². The van der Waals surface area contributed by atoms with Gasteiger partial charge in [0.25, 0.3) is 5.91 Å². The van der Waals surface area contributed by atoms with Crippen LogP contribution in [-0.2, 0) is 22.5 Å². The van der Waals surface area contributed by atoms with Crippen molar-refractivity contribution in [2.24, 2.45) is 56.7 Å². The van der Waals surface area contributed by atoms with E-state index in [1.54, 1.807) is 12.1 Å². The molecule has 5 fully saturated rings. The number of rotatable bonds is 9. The van der Waals surface area contributed by atoms with Crippen LogP contribution in [0, 0.1) is 56.7 Å². The van der Waals surface area contributed by atoms with E-state index in [-0.39, 0.29) is 63.4 Å². The number of phenolic OH excluding ortho intramolecular Hbond substituents is 1. The summed E-state index contributed by atoms with van der Waals surface area (Å²) in [7, 11) is 1.25. The summed E-state index contributed by atoms with van der Waals surface area (Å²) < 4.78 is 4.75. The van der Waals surface area contributed by atoms with E-state index in [0.29, 0.717) is 47.8 Å². The summed E-state index contributed by atoms with van der Waals surface area (Å²) in [5.41, 5.74) is 3.53. The van der Waals surface area contributed by atoms with Gasteiger partial charge in [-0.25, -0.2) is 4.79 Å². The van der Waals surface area contributed by atoms with Crippen molar-refractivity contribution in [3.05, 3.63) is 76.9 Å². The molecule has 5 saturated carbocycles. The minimum absolute atomic E-state index is 0.0493. The van der Waals surface area contributed by atoms with Gasteiger partial charge < -0.3 is 25.6 Å². The number of ether oxygens (including phenoxy) is 1. The van der Waals surface area contributed by atoms with Gasteiger partial charge >= 0.3 is 5.97 Å². The summed E-state index contributed by atoms with van der Waals surface area (Å²) in [5.74, 6) is 1.40. The van der Waals surface area contributed by atoms with E-state index >= 15 is 0 Å². The number of hydrogen-bond donors (Lipinski definition) is 4. The summed E-state index contributed by atoms with van der Waals surface area (Å²) >= 11 is 0. The van der Waals surface area contributed by atoms with Gasteiger partial charge in [-0.1, -0.05) is 65.0 Å². The third-order valence-corrected chi connectivity index (χ3v) is 17.3. The lowest BCUT2D eigenvalue weighted by Gasteiger charge is -2.72. The summed E-state index contributed by atoms with van der Waals surface area (Å²) in [6.45, 7) is 19.8. The molecule has 4 N–H and O–H groups in total. The van der Waals surface area contributed by atoms with Crippen LogP contribution < -0.4 is 10.6 Å². The molecule has 56 heavy (non-hydrogen) atoms. The number of fused-ring (bicyclic) bond motifs is 7. The van der Waals surface area contributed by atoms with Gasteiger partial charge in [-0.15, -0.1) is 0 Å². The third kappa shape index (κ3) is 6.31. The molecule has 0 heterocycles. The van der Waals surface area contributed by atoms with Crippen LogP contribution in [0.1, 0.15) is 138 Å². The number of methoxy groups -OCH3 is 1. The number of carbonyl (C=O) groups is 3. The molecule has 2 amide bonds. The van der Waals surface area contributed by atoms with Crippen LogP contribution in [0.4, 0.5) is 0 Å². The normalized spacial score (nSPS) is 36.9. The van der Waals surface area contributed by atoms with Gasteiger partial charge in [-0.2, -0.15) is 0 Å². The Morgan fingerprint density at radius 1 is 0.839 bits per heavy atom. The van der Waals surface area contributed by atoms with Gasteiger partial charge in [0, 0.05) is 18.7 Å². The van der Waals surface area contributed by atoms with Crippen molar-refractivity contribution in [3.63, 3.8) is 0 Å². The van der Waals surface area contributed by atoms with E-state index in [1.165, 1.54) is 50.5 Å². The zero-order valence-electron chi connectivity index (χ0n) is 34.9. The molecular weight excluding hydrogens is 701 g/mol. The summed E-state index contributed by atoms with van der Waals surface area (Å²) in [6.07, 6.45) is 11.1. The molecule has 8 nitrogen and oxygen atoms in total. The van der Waals surface area contributed by atoms with Gasteiger partial charge in [0.2, 0.25) is 5.91 Å². The molecule has 5 aliphatic rings. The maximum absolute atomic E-state index is 14.7. The quantitative estimate of drug-likeness (QED) is 0.149. The number of aromatic hydroxyl groups is 1. The van der Waals surface area contributed by atoms with Crippen molar-refractivity contribution in [1.29, 1.82) is 0 Å². The smallest absolute Gasteiger partial charge is 0.341 e. The number of phenols is 1. The minimum atomic E-state index is -0.643. The maximum atomic E-state index is 14.7. The van der Waals surface area contributed by atoms with Crippen molar-refractivity contribution in [2.75, 3.05) is 13.7 Å². The van der Waals surface area contributed by atoms with E-state index in [1.807, 2.05) is 18.2 Å². The first-order chi connectivity index (χ1) is 26.4. The molecule has 7 rings (SSSR count). The number of amides is 2. The van der Waals surface area contributed by atoms with Gasteiger partial charge in [0.15, 0.2) is 0 Å². The van der Waals surface area contributed by atoms with Crippen molar-refractivity contribution < 1.29 is 29.3 Å². The van der Waals surface area contributed by atoms with Crippen molar-refractivity contribution >= 4 is 17.8 Å². The van der Waals surface area contributed by atoms with Crippen LogP contribution in [0.5, 0.6) is 5.75 Å². The number of aliphatic hydroxyl groups is 1. The van der Waals surface area contributed by atoms with E-state index < -0.39 is 11.4 Å². The van der Waals surface area contributed by atoms with Crippen molar-refractivity contribution in [1.82, 2.24) is 10.6 Å². The highest BCUT2D eigenvalue weighted by Crippen LogP contribution is 2.77. The second-order valence-electron chi connectivity index (χ2n) is 19.9. The minimum Gasteiger partial charge on any atom is -0.507 e. The Bertz CT molecular complexity index is 1890. The number of benzene rings is 2. The Kier molecular flexibility index (Phi) is 10.6. The number of nitrogens with one attached hydrogen (secondary N) is 2. The molecule has 0 saturated heterocycles. The number of allylic oxidation sites excluding steroid dienone is 1. The first kappa shape index (κ1) is 40.5. The second-order valence-corrected chi connectivity index (χ2v) is 19.9. The molecule has 2 aromatic carbocycles. The molecule has 304 valence electrons. The Labute approximate surface area is 334 Å². The topological polar surface area (TPSA) is 125 Å². The van der Waals surface area contributed by atoms with Crippen LogP contribution in [0.15, 0.2) is 54.6 Å². The van der Waals surface area contributed by atoms with E-state index in [9.17, 15) is 24.6 Å². The lowest BCUT2D eigenvalue weighted by molar-refractivity contribution is -0.246. The van der Waals surface area contributed by atoms with Crippen LogP contribution in [0.3, 0.4) is 0 Å². The Morgan fingerprint density at radius 3 is 2.34 bits per heavy atom. The SMILES string of the molecule is C=C(C)[C@@H]1CC[C@]2(C(=O)NCCc3cccc(C(=O)NCc4ccc(O)c(C(=O)OC)c4)c3)CC[C@]3(C)C(CCC4[C@@]5(C)CC[C@H](O)C(C)(C)C5CC[C@]43C)C12. The fourth-order valence-electron chi connectivity index (χ4n) is 14.1. The average Bonchev–Trinajstić information content (AvgIpc) is 3.57. The zero-order chi connectivity index (χ0) is 40.4. The molecule has 0 spiro atoms. The summed E-state index contributed by atoms with van der Waals surface area (Å²) in [5, 5.41) is 27.5. The third-order valence-electron chi connectivity index (χ3n) is 17.3. The van der Waals surface area contributed by atoms with E-state index in [2.05, 4.69) is 58.8 Å². The molecule has 0 bridgehead atoms. The van der Waals surface area contributed by atoms with Crippen LogP contribution in [0.2, 0.25) is 0 Å². The lowest BCUT2D eigenvalue weighted by atomic mass is 9.32. The van der Waals surface area contributed by atoms with E-state index in [4.69, 9.17) is 4.74 Å². The Morgan fingerprint density at radius 2 is 1.61 bits per heavy atom. The molecule has 4 unspecified atom stereocenters. The molecule has 0 radical (unpaired) electrons. The molecular formula is C48H66N2O6. The Balaban J connectivity index is 1.03. The van der Waals surface area contributed by atoms with Crippen LogP contribution in [0.25, 0.3) is 0 Å². The Hall–Kier alpha value is -3.65. The summed E-state index contributed by atoms with van der Waals surface area (Å²) in [6, 6.07) is 12.1. The molecule has 5 aliphatic carbocycles. The molecule has 0 aromatic heterocycles. The highest BCUT2D eigenvalue weighted by Gasteiger charge is 2.71.